The Bertz CT molecular complexity index is 306. The summed E-state index contributed by atoms with van der Waals surface area (Å²) < 4.78 is 5.84. The van der Waals surface area contributed by atoms with Crippen LogP contribution in [-0.2, 0) is 9.53 Å². The highest BCUT2D eigenvalue weighted by Crippen LogP contribution is 2.34. The number of cyclic esters (lactones) is 1. The first-order chi connectivity index (χ1) is 7.20. The number of carbonyl (C=O) groups excluding carboxylic acids is 1. The smallest absolute Gasteiger partial charge is 0.340 e. The second kappa shape index (κ2) is 6.48. The van der Waals surface area contributed by atoms with E-state index in [2.05, 4.69) is 38.8 Å². The van der Waals surface area contributed by atoms with E-state index in [4.69, 9.17) is 4.74 Å². The second-order valence-corrected chi connectivity index (χ2v) is 4.72. The highest BCUT2D eigenvalue weighted by atomic mass is 79.9. The van der Waals surface area contributed by atoms with E-state index in [0.717, 1.165) is 22.9 Å². The Hall–Kier alpha value is -0.0900. The van der Waals surface area contributed by atoms with Gasteiger partial charge in [0.25, 0.3) is 0 Å². The van der Waals surface area contributed by atoms with Crippen molar-refractivity contribution in [3.05, 3.63) is 20.8 Å². The number of unbranched alkanes of at least 4 members (excludes halogenated alkanes) is 3. The van der Waals surface area contributed by atoms with Gasteiger partial charge in [0.05, 0.1) is 10.1 Å². The van der Waals surface area contributed by atoms with Crippen LogP contribution in [0.25, 0.3) is 0 Å². The first-order valence-corrected chi connectivity index (χ1v) is 6.83. The quantitative estimate of drug-likeness (QED) is 0.549. The normalized spacial score (nSPS) is 18.9. The summed E-state index contributed by atoms with van der Waals surface area (Å²) in [4.78, 5) is 13.1. The molecule has 0 amide bonds. The molecule has 0 aromatic rings. The Kier molecular flexibility index (Phi) is 5.61. The SMILES string of the molecule is CCCCCCC1=C(Br)/C(=C/Br)OC1=O. The average molecular weight is 338 g/mol. The molecule has 1 aliphatic rings. The monoisotopic (exact) mass is 336 g/mol. The molecule has 2 nitrogen and oxygen atoms in total. The minimum atomic E-state index is -0.218. The molecule has 84 valence electrons. The van der Waals surface area contributed by atoms with Crippen LogP contribution in [0, 0.1) is 0 Å². The van der Waals surface area contributed by atoms with E-state index in [1.165, 1.54) is 19.3 Å². The van der Waals surface area contributed by atoms with Crippen LogP contribution in [0.2, 0.25) is 0 Å². The van der Waals surface area contributed by atoms with Crippen LogP contribution in [0.1, 0.15) is 39.0 Å². The molecule has 0 aromatic carbocycles. The largest absolute Gasteiger partial charge is 0.421 e. The fraction of sp³-hybridized carbons (Fsp3) is 0.545. The number of halogens is 2. The second-order valence-electron chi connectivity index (χ2n) is 3.47. The van der Waals surface area contributed by atoms with Crippen LogP contribution in [0.5, 0.6) is 0 Å². The van der Waals surface area contributed by atoms with E-state index in [-0.39, 0.29) is 5.97 Å². The van der Waals surface area contributed by atoms with Crippen molar-refractivity contribution < 1.29 is 9.53 Å². The van der Waals surface area contributed by atoms with Gasteiger partial charge in [0.15, 0.2) is 5.76 Å². The first kappa shape index (κ1) is 13.0. The lowest BCUT2D eigenvalue weighted by atomic mass is 10.1. The molecule has 0 unspecified atom stereocenters. The lowest BCUT2D eigenvalue weighted by molar-refractivity contribution is -0.133. The summed E-state index contributed by atoms with van der Waals surface area (Å²) in [5.41, 5.74) is 0.761. The molecule has 0 fully saturated rings. The van der Waals surface area contributed by atoms with Crippen LogP contribution in [0.4, 0.5) is 0 Å². The van der Waals surface area contributed by atoms with Gasteiger partial charge in [-0.15, -0.1) is 0 Å². The Morgan fingerprint density at radius 3 is 2.60 bits per heavy atom. The van der Waals surface area contributed by atoms with Crippen LogP contribution in [-0.4, -0.2) is 5.97 Å². The molecule has 15 heavy (non-hydrogen) atoms. The fourth-order valence-corrected chi connectivity index (χ4v) is 2.64. The Morgan fingerprint density at radius 2 is 2.07 bits per heavy atom. The van der Waals surface area contributed by atoms with Gasteiger partial charge in [0.1, 0.15) is 0 Å². The Balaban J connectivity index is 2.52. The number of hydrogen-bond acceptors (Lipinski definition) is 2. The average Bonchev–Trinajstić information content (AvgIpc) is 2.50. The molecule has 0 aliphatic carbocycles. The summed E-state index contributed by atoms with van der Waals surface area (Å²) in [6, 6.07) is 0. The number of allylic oxidation sites excluding steroid dienone is 1. The summed E-state index contributed by atoms with van der Waals surface area (Å²) in [6.45, 7) is 2.17. The van der Waals surface area contributed by atoms with Gasteiger partial charge in [-0.2, -0.15) is 0 Å². The number of hydrogen-bond donors (Lipinski definition) is 0. The van der Waals surface area contributed by atoms with Gasteiger partial charge in [-0.3, -0.25) is 0 Å². The summed E-state index contributed by atoms with van der Waals surface area (Å²) in [6.07, 6.45) is 5.44. The molecule has 0 saturated carbocycles. The number of carbonyl (C=O) groups is 1. The molecule has 4 heteroatoms. The van der Waals surface area contributed by atoms with Gasteiger partial charge in [0, 0.05) is 4.99 Å². The molecule has 0 N–H and O–H groups in total. The first-order valence-electron chi connectivity index (χ1n) is 5.12. The molecular weight excluding hydrogens is 324 g/mol. The predicted octanol–water partition coefficient (Wildman–Crippen LogP) is 4.40. The van der Waals surface area contributed by atoms with Crippen molar-refractivity contribution in [2.45, 2.75) is 39.0 Å². The van der Waals surface area contributed by atoms with Crippen molar-refractivity contribution in [1.29, 1.82) is 0 Å². The van der Waals surface area contributed by atoms with Gasteiger partial charge in [-0.05, 0) is 28.8 Å². The molecule has 0 saturated heterocycles. The van der Waals surface area contributed by atoms with E-state index >= 15 is 0 Å². The summed E-state index contributed by atoms with van der Waals surface area (Å²) in [5.74, 6) is 0.356. The number of esters is 1. The third-order valence-corrected chi connectivity index (χ3v) is 3.59. The zero-order valence-electron chi connectivity index (χ0n) is 8.69. The maximum atomic E-state index is 11.4. The summed E-state index contributed by atoms with van der Waals surface area (Å²) >= 11 is 6.54. The van der Waals surface area contributed by atoms with E-state index in [9.17, 15) is 4.79 Å². The van der Waals surface area contributed by atoms with Gasteiger partial charge >= 0.3 is 5.97 Å². The third kappa shape index (κ3) is 3.45. The number of rotatable bonds is 5. The zero-order chi connectivity index (χ0) is 11.3. The minimum absolute atomic E-state index is 0.218. The van der Waals surface area contributed by atoms with Gasteiger partial charge < -0.3 is 4.74 Å². The minimum Gasteiger partial charge on any atom is -0.421 e. The lowest BCUT2D eigenvalue weighted by Gasteiger charge is -1.98. The molecule has 0 spiro atoms. The maximum absolute atomic E-state index is 11.4. The van der Waals surface area contributed by atoms with Crippen LogP contribution in [0.3, 0.4) is 0 Å². The van der Waals surface area contributed by atoms with Gasteiger partial charge in [-0.1, -0.05) is 42.1 Å². The molecule has 0 radical (unpaired) electrons. The molecule has 1 heterocycles. The predicted molar refractivity (Wildman–Crippen MR) is 67.8 cm³/mol. The molecule has 0 aromatic heterocycles. The van der Waals surface area contributed by atoms with Crippen molar-refractivity contribution in [2.24, 2.45) is 0 Å². The van der Waals surface area contributed by atoms with Crippen molar-refractivity contribution in [3.63, 3.8) is 0 Å². The molecule has 1 aliphatic heterocycles. The lowest BCUT2D eigenvalue weighted by Crippen LogP contribution is -1.98. The van der Waals surface area contributed by atoms with E-state index < -0.39 is 0 Å². The molecule has 0 atom stereocenters. The third-order valence-electron chi connectivity index (χ3n) is 2.31. The van der Waals surface area contributed by atoms with Gasteiger partial charge in [-0.25, -0.2) is 4.79 Å². The number of ether oxygens (including phenoxy) is 1. The van der Waals surface area contributed by atoms with E-state index in [1.807, 2.05) is 0 Å². The summed E-state index contributed by atoms with van der Waals surface area (Å²) in [5, 5.41) is 0. The van der Waals surface area contributed by atoms with E-state index in [1.54, 1.807) is 4.99 Å². The molecule has 0 bridgehead atoms. The standard InChI is InChI=1S/C11H14Br2O2/c1-2-3-4-5-6-8-10(13)9(7-12)15-11(8)14/h7H,2-6H2,1H3/b9-7-. The van der Waals surface area contributed by atoms with E-state index in [0.29, 0.717) is 5.76 Å². The topological polar surface area (TPSA) is 26.3 Å². The highest BCUT2D eigenvalue weighted by molar-refractivity contribution is 9.12. The Morgan fingerprint density at radius 1 is 1.33 bits per heavy atom. The molecule has 1 rings (SSSR count). The maximum Gasteiger partial charge on any atom is 0.340 e. The van der Waals surface area contributed by atoms with Crippen molar-refractivity contribution in [2.75, 3.05) is 0 Å². The van der Waals surface area contributed by atoms with Crippen molar-refractivity contribution >= 4 is 37.8 Å². The summed E-state index contributed by atoms with van der Waals surface area (Å²) in [7, 11) is 0. The van der Waals surface area contributed by atoms with Gasteiger partial charge in [0.2, 0.25) is 0 Å². The fourth-order valence-electron chi connectivity index (χ4n) is 1.46. The van der Waals surface area contributed by atoms with Crippen LogP contribution >= 0.6 is 31.9 Å². The van der Waals surface area contributed by atoms with Crippen molar-refractivity contribution in [1.82, 2.24) is 0 Å². The Labute approximate surface area is 107 Å². The molecular formula is C11H14Br2O2. The zero-order valence-corrected chi connectivity index (χ0v) is 11.9. The highest BCUT2D eigenvalue weighted by Gasteiger charge is 2.27. The van der Waals surface area contributed by atoms with Crippen LogP contribution < -0.4 is 0 Å². The van der Waals surface area contributed by atoms with Crippen molar-refractivity contribution in [3.8, 4) is 0 Å². The van der Waals surface area contributed by atoms with Crippen LogP contribution in [0.15, 0.2) is 20.8 Å².